The molecule has 0 spiro atoms. The van der Waals surface area contributed by atoms with Crippen LogP contribution in [-0.4, -0.2) is 44.9 Å². The molecule has 0 aliphatic rings. The maximum Gasteiger partial charge on any atom is 0.261 e. The van der Waals surface area contributed by atoms with Crippen LogP contribution in [0.5, 0.6) is 11.5 Å². The SMILES string of the molecule is COc1ccc(CN(C(=O)COc2ccc(S(=O)(=O)Nc3ccc(F)cc3)cc2)C(Cc2ccccc2)C(=O)NCc2ccc(Cl)cc2)cc1. The third kappa shape index (κ3) is 10.1. The Morgan fingerprint density at radius 1 is 0.780 bits per heavy atom. The number of sulfonamides is 1. The Morgan fingerprint density at radius 2 is 1.40 bits per heavy atom. The Balaban J connectivity index is 1.35. The van der Waals surface area contributed by atoms with E-state index in [1.54, 1.807) is 31.4 Å². The summed E-state index contributed by atoms with van der Waals surface area (Å²) in [5.41, 5.74) is 2.68. The van der Waals surface area contributed by atoms with Crippen molar-refractivity contribution in [2.24, 2.45) is 0 Å². The number of hydrogen-bond donors (Lipinski definition) is 2. The van der Waals surface area contributed by atoms with Crippen molar-refractivity contribution in [1.29, 1.82) is 0 Å². The van der Waals surface area contributed by atoms with Gasteiger partial charge in [-0.05, 0) is 89.5 Å². The van der Waals surface area contributed by atoms with Gasteiger partial charge in [-0.25, -0.2) is 12.8 Å². The number of hydrogen-bond acceptors (Lipinski definition) is 6. The van der Waals surface area contributed by atoms with Crippen molar-refractivity contribution in [3.8, 4) is 11.5 Å². The standard InChI is InChI=1S/C38H35ClFN3O6S/c1-48-33-17-9-29(10-18-33)25-43(36(23-27-5-3-2-4-6-27)38(45)41-24-28-7-11-30(39)12-8-28)37(44)26-49-34-19-21-35(22-20-34)50(46,47)42-32-15-13-31(40)14-16-32/h2-22,36,42H,23-26H2,1H3,(H,41,45). The van der Waals surface area contributed by atoms with Gasteiger partial charge in [-0.15, -0.1) is 0 Å². The van der Waals surface area contributed by atoms with Crippen LogP contribution < -0.4 is 19.5 Å². The van der Waals surface area contributed by atoms with Gasteiger partial charge in [-0.2, -0.15) is 0 Å². The highest BCUT2D eigenvalue weighted by Crippen LogP contribution is 2.22. The Hall–Kier alpha value is -5.39. The van der Waals surface area contributed by atoms with E-state index in [4.69, 9.17) is 21.1 Å². The van der Waals surface area contributed by atoms with Crippen molar-refractivity contribution < 1.29 is 31.9 Å². The first-order valence-corrected chi connectivity index (χ1v) is 17.5. The third-order valence-electron chi connectivity index (χ3n) is 7.76. The first-order valence-electron chi connectivity index (χ1n) is 15.6. The van der Waals surface area contributed by atoms with Crippen molar-refractivity contribution in [1.82, 2.24) is 10.2 Å². The summed E-state index contributed by atoms with van der Waals surface area (Å²) in [6, 6.07) is 33.3. The summed E-state index contributed by atoms with van der Waals surface area (Å²) in [6.07, 6.45) is 0.239. The van der Waals surface area contributed by atoms with Gasteiger partial charge in [0.1, 0.15) is 23.4 Å². The minimum atomic E-state index is -3.97. The quantitative estimate of drug-likeness (QED) is 0.126. The molecule has 0 fully saturated rings. The Labute approximate surface area is 295 Å². The Kier molecular flexibility index (Phi) is 12.1. The molecule has 0 aliphatic carbocycles. The minimum Gasteiger partial charge on any atom is -0.497 e. The average Bonchev–Trinajstić information content (AvgIpc) is 3.13. The number of methoxy groups -OCH3 is 1. The fourth-order valence-electron chi connectivity index (χ4n) is 5.07. The zero-order chi connectivity index (χ0) is 35.5. The Morgan fingerprint density at radius 3 is 2.04 bits per heavy atom. The molecular weight excluding hydrogens is 681 g/mol. The summed E-state index contributed by atoms with van der Waals surface area (Å²) in [5, 5.41) is 3.55. The fraction of sp³-hybridized carbons (Fsp3) is 0.158. The lowest BCUT2D eigenvalue weighted by Crippen LogP contribution is -2.51. The molecule has 258 valence electrons. The van der Waals surface area contributed by atoms with Gasteiger partial charge < -0.3 is 19.7 Å². The summed E-state index contributed by atoms with van der Waals surface area (Å²) in [5.74, 6) is -0.409. The number of nitrogens with one attached hydrogen (secondary N) is 2. The van der Waals surface area contributed by atoms with E-state index in [0.717, 1.165) is 28.8 Å². The maximum absolute atomic E-state index is 14.0. The van der Waals surface area contributed by atoms with Crippen LogP contribution in [-0.2, 0) is 39.1 Å². The number of nitrogens with zero attached hydrogens (tertiary/aromatic N) is 1. The van der Waals surface area contributed by atoms with Crippen LogP contribution in [0.2, 0.25) is 5.02 Å². The second-order valence-electron chi connectivity index (χ2n) is 11.3. The Bertz CT molecular complexity index is 1980. The van der Waals surface area contributed by atoms with Crippen molar-refractivity contribution >= 4 is 39.1 Å². The van der Waals surface area contributed by atoms with E-state index in [-0.39, 0.29) is 41.7 Å². The highest BCUT2D eigenvalue weighted by molar-refractivity contribution is 7.92. The third-order valence-corrected chi connectivity index (χ3v) is 9.41. The molecular formula is C38H35ClFN3O6S. The summed E-state index contributed by atoms with van der Waals surface area (Å²) in [7, 11) is -2.41. The van der Waals surface area contributed by atoms with E-state index in [0.29, 0.717) is 10.8 Å². The van der Waals surface area contributed by atoms with Crippen LogP contribution in [0.3, 0.4) is 0 Å². The van der Waals surface area contributed by atoms with Crippen molar-refractivity contribution in [3.05, 3.63) is 155 Å². The molecule has 5 rings (SSSR count). The first-order chi connectivity index (χ1) is 24.1. The number of carbonyl (C=O) groups is 2. The normalized spacial score (nSPS) is 11.7. The zero-order valence-electron chi connectivity index (χ0n) is 27.1. The molecule has 0 radical (unpaired) electrons. The lowest BCUT2D eigenvalue weighted by atomic mass is 10.0. The summed E-state index contributed by atoms with van der Waals surface area (Å²) in [6.45, 7) is -0.0935. The molecule has 50 heavy (non-hydrogen) atoms. The second kappa shape index (κ2) is 16.8. The maximum atomic E-state index is 14.0. The molecule has 1 atom stereocenters. The van der Waals surface area contributed by atoms with Crippen LogP contribution in [0.25, 0.3) is 0 Å². The first kappa shape index (κ1) is 35.9. The lowest BCUT2D eigenvalue weighted by molar-refractivity contribution is -0.142. The topological polar surface area (TPSA) is 114 Å². The molecule has 9 nitrogen and oxygen atoms in total. The van der Waals surface area contributed by atoms with E-state index in [1.165, 1.54) is 41.3 Å². The van der Waals surface area contributed by atoms with Crippen LogP contribution in [0.1, 0.15) is 16.7 Å². The molecule has 12 heteroatoms. The summed E-state index contributed by atoms with van der Waals surface area (Å²) >= 11 is 6.03. The number of halogens is 2. The second-order valence-corrected chi connectivity index (χ2v) is 13.4. The van der Waals surface area contributed by atoms with Gasteiger partial charge in [0, 0.05) is 30.2 Å². The van der Waals surface area contributed by atoms with E-state index in [9.17, 15) is 22.4 Å². The highest BCUT2D eigenvalue weighted by atomic mass is 35.5. The molecule has 0 aromatic heterocycles. The van der Waals surface area contributed by atoms with Gasteiger partial charge in [-0.1, -0.05) is 66.2 Å². The number of amides is 2. The number of rotatable bonds is 15. The van der Waals surface area contributed by atoms with Crippen LogP contribution in [0.15, 0.2) is 132 Å². The molecule has 0 aliphatic heterocycles. The zero-order valence-corrected chi connectivity index (χ0v) is 28.7. The highest BCUT2D eigenvalue weighted by Gasteiger charge is 2.31. The minimum absolute atomic E-state index is 0.0538. The number of ether oxygens (including phenoxy) is 2. The van der Waals surface area contributed by atoms with E-state index >= 15 is 0 Å². The molecule has 2 amide bonds. The van der Waals surface area contributed by atoms with Crippen molar-refractivity contribution in [2.75, 3.05) is 18.4 Å². The van der Waals surface area contributed by atoms with Gasteiger partial charge in [0.15, 0.2) is 6.61 Å². The molecule has 1 unspecified atom stereocenters. The number of carbonyl (C=O) groups excluding carboxylic acids is 2. The lowest BCUT2D eigenvalue weighted by Gasteiger charge is -2.31. The van der Waals surface area contributed by atoms with Gasteiger partial charge in [0.25, 0.3) is 15.9 Å². The molecule has 0 saturated carbocycles. The van der Waals surface area contributed by atoms with E-state index < -0.39 is 34.4 Å². The molecule has 0 heterocycles. The predicted octanol–water partition coefficient (Wildman–Crippen LogP) is 6.62. The molecule has 2 N–H and O–H groups in total. The van der Waals surface area contributed by atoms with Crippen LogP contribution in [0, 0.1) is 5.82 Å². The molecule has 0 saturated heterocycles. The van der Waals surface area contributed by atoms with Gasteiger partial charge in [0.05, 0.1) is 12.0 Å². The van der Waals surface area contributed by atoms with Crippen molar-refractivity contribution in [3.63, 3.8) is 0 Å². The van der Waals surface area contributed by atoms with E-state index in [2.05, 4.69) is 10.0 Å². The summed E-state index contributed by atoms with van der Waals surface area (Å²) in [4.78, 5) is 29.3. The number of benzene rings is 5. The fourth-order valence-corrected chi connectivity index (χ4v) is 6.25. The van der Waals surface area contributed by atoms with Crippen LogP contribution >= 0.6 is 11.6 Å². The van der Waals surface area contributed by atoms with Crippen molar-refractivity contribution in [2.45, 2.75) is 30.4 Å². The molecule has 0 bridgehead atoms. The largest absolute Gasteiger partial charge is 0.497 e. The smallest absolute Gasteiger partial charge is 0.261 e. The summed E-state index contributed by atoms with van der Waals surface area (Å²) < 4.78 is 52.5. The van der Waals surface area contributed by atoms with Gasteiger partial charge in [0.2, 0.25) is 5.91 Å². The van der Waals surface area contributed by atoms with Gasteiger partial charge in [-0.3, -0.25) is 14.3 Å². The van der Waals surface area contributed by atoms with E-state index in [1.807, 2.05) is 54.6 Å². The van der Waals surface area contributed by atoms with Crippen LogP contribution in [0.4, 0.5) is 10.1 Å². The monoisotopic (exact) mass is 715 g/mol. The average molecular weight is 716 g/mol. The molecule has 5 aromatic rings. The predicted molar refractivity (Wildman–Crippen MR) is 190 cm³/mol. The number of anilines is 1. The van der Waals surface area contributed by atoms with Gasteiger partial charge >= 0.3 is 0 Å². The molecule has 5 aromatic carbocycles.